The number of nitrogens with one attached hydrogen (secondary N) is 1. The van der Waals surface area contributed by atoms with Crippen LogP contribution in [0.5, 0.6) is 0 Å². The third-order valence-corrected chi connectivity index (χ3v) is 3.77. The summed E-state index contributed by atoms with van der Waals surface area (Å²) in [7, 11) is 1.93. The minimum atomic E-state index is 0.476. The van der Waals surface area contributed by atoms with Gasteiger partial charge in [-0.2, -0.15) is 0 Å². The first kappa shape index (κ1) is 14.1. The molecule has 2 rings (SSSR count). The monoisotopic (exact) mass is 262 g/mol. The lowest BCUT2D eigenvalue weighted by Gasteiger charge is -2.30. The summed E-state index contributed by atoms with van der Waals surface area (Å²) in [5, 5.41) is 3.20. The maximum Gasteiger partial charge on any atom is 0.137 e. The van der Waals surface area contributed by atoms with Gasteiger partial charge in [-0.15, -0.1) is 0 Å². The van der Waals surface area contributed by atoms with Gasteiger partial charge in [0, 0.05) is 31.6 Å². The van der Waals surface area contributed by atoms with Gasteiger partial charge in [0.1, 0.15) is 17.5 Å². The maximum absolute atomic E-state index is 4.78. The molecular weight excluding hydrogens is 236 g/mol. The Morgan fingerprint density at radius 1 is 1.32 bits per heavy atom. The lowest BCUT2D eigenvalue weighted by molar-refractivity contribution is 0.631. The number of nitrogens with zero attached hydrogens (tertiary/aromatic N) is 3. The highest BCUT2D eigenvalue weighted by Crippen LogP contribution is 2.33. The molecule has 1 aromatic heterocycles. The van der Waals surface area contributed by atoms with Gasteiger partial charge in [0.2, 0.25) is 0 Å². The van der Waals surface area contributed by atoms with Crippen LogP contribution in [0.15, 0.2) is 0 Å². The van der Waals surface area contributed by atoms with E-state index in [0.29, 0.717) is 6.04 Å². The van der Waals surface area contributed by atoms with Gasteiger partial charge >= 0.3 is 0 Å². The van der Waals surface area contributed by atoms with E-state index < -0.39 is 0 Å². The van der Waals surface area contributed by atoms with E-state index in [2.05, 4.69) is 42.9 Å². The number of hydrogen-bond acceptors (Lipinski definition) is 4. The van der Waals surface area contributed by atoms with Gasteiger partial charge in [-0.3, -0.25) is 0 Å². The van der Waals surface area contributed by atoms with E-state index in [0.717, 1.165) is 41.9 Å². The Kier molecular flexibility index (Phi) is 4.27. The molecule has 1 heterocycles. The largest absolute Gasteiger partial charge is 0.373 e. The fourth-order valence-electron chi connectivity index (χ4n) is 2.35. The van der Waals surface area contributed by atoms with Crippen molar-refractivity contribution < 1.29 is 0 Å². The molecule has 0 spiro atoms. The summed E-state index contributed by atoms with van der Waals surface area (Å²) in [5.41, 5.74) is 1.16. The van der Waals surface area contributed by atoms with E-state index in [1.807, 2.05) is 7.05 Å². The topological polar surface area (TPSA) is 41.1 Å². The summed E-state index contributed by atoms with van der Waals surface area (Å²) in [4.78, 5) is 11.8. The van der Waals surface area contributed by atoms with Crippen LogP contribution in [0.3, 0.4) is 0 Å². The third kappa shape index (κ3) is 3.17. The number of aryl methyl sites for hydroxylation is 1. The molecular formula is C15H26N4. The molecule has 19 heavy (non-hydrogen) atoms. The van der Waals surface area contributed by atoms with E-state index >= 15 is 0 Å². The molecule has 0 bridgehead atoms. The zero-order valence-corrected chi connectivity index (χ0v) is 12.8. The third-order valence-electron chi connectivity index (χ3n) is 3.77. The van der Waals surface area contributed by atoms with Crippen molar-refractivity contribution >= 4 is 11.6 Å². The quantitative estimate of drug-likeness (QED) is 0.855. The molecule has 1 N–H and O–H groups in total. The molecule has 106 valence electrons. The molecule has 0 unspecified atom stereocenters. The molecule has 1 fully saturated rings. The van der Waals surface area contributed by atoms with E-state index in [1.165, 1.54) is 12.8 Å². The number of hydrogen-bond donors (Lipinski definition) is 1. The molecule has 1 saturated carbocycles. The average molecular weight is 262 g/mol. The van der Waals surface area contributed by atoms with Crippen molar-refractivity contribution in [3.8, 4) is 0 Å². The fourth-order valence-corrected chi connectivity index (χ4v) is 2.35. The second-order valence-electron chi connectivity index (χ2n) is 5.73. The summed E-state index contributed by atoms with van der Waals surface area (Å²) >= 11 is 0. The van der Waals surface area contributed by atoms with Crippen LogP contribution < -0.4 is 10.2 Å². The second kappa shape index (κ2) is 5.76. The van der Waals surface area contributed by atoms with Gasteiger partial charge in [0.25, 0.3) is 0 Å². The van der Waals surface area contributed by atoms with E-state index in [9.17, 15) is 0 Å². The standard InChI is InChI=1S/C15H26N4/c1-6-13-17-14(16-5)11(4)15(18-13)19(10(2)3)9-12-7-8-12/h10,12H,6-9H2,1-5H3,(H,16,17,18). The predicted molar refractivity (Wildman–Crippen MR) is 80.9 cm³/mol. The number of anilines is 2. The van der Waals surface area contributed by atoms with Crippen LogP contribution in [0.25, 0.3) is 0 Å². The summed E-state index contributed by atoms with van der Waals surface area (Å²) in [6, 6.07) is 0.476. The van der Waals surface area contributed by atoms with Gasteiger partial charge in [0.15, 0.2) is 0 Å². The summed E-state index contributed by atoms with van der Waals surface area (Å²) in [6.45, 7) is 9.84. The highest BCUT2D eigenvalue weighted by molar-refractivity contribution is 5.59. The predicted octanol–water partition coefficient (Wildman–Crippen LogP) is 3.01. The molecule has 0 aromatic carbocycles. The highest BCUT2D eigenvalue weighted by atomic mass is 15.2. The average Bonchev–Trinajstić information content (AvgIpc) is 3.20. The molecule has 4 heteroatoms. The first-order valence-corrected chi connectivity index (χ1v) is 7.38. The van der Waals surface area contributed by atoms with Crippen molar-refractivity contribution in [3.63, 3.8) is 0 Å². The van der Waals surface area contributed by atoms with Crippen LogP contribution in [0.2, 0.25) is 0 Å². The number of rotatable bonds is 6. The molecule has 0 radical (unpaired) electrons. The summed E-state index contributed by atoms with van der Waals surface area (Å²) in [6.07, 6.45) is 3.61. The molecule has 0 aliphatic heterocycles. The Morgan fingerprint density at radius 2 is 2.00 bits per heavy atom. The van der Waals surface area contributed by atoms with Crippen LogP contribution in [-0.2, 0) is 6.42 Å². The SMILES string of the molecule is CCc1nc(NC)c(C)c(N(CC2CC2)C(C)C)n1. The van der Waals surface area contributed by atoms with Crippen molar-refractivity contribution in [1.82, 2.24) is 9.97 Å². The Bertz CT molecular complexity index is 438. The number of aromatic nitrogens is 2. The summed E-state index contributed by atoms with van der Waals surface area (Å²) < 4.78 is 0. The maximum atomic E-state index is 4.78. The van der Waals surface area contributed by atoms with Crippen molar-refractivity contribution in [2.75, 3.05) is 23.8 Å². The highest BCUT2D eigenvalue weighted by Gasteiger charge is 2.27. The van der Waals surface area contributed by atoms with Crippen LogP contribution in [-0.4, -0.2) is 29.6 Å². The van der Waals surface area contributed by atoms with E-state index in [1.54, 1.807) is 0 Å². The molecule has 0 saturated heterocycles. The van der Waals surface area contributed by atoms with Crippen molar-refractivity contribution in [2.45, 2.75) is 53.0 Å². The zero-order chi connectivity index (χ0) is 14.0. The minimum absolute atomic E-state index is 0.476. The van der Waals surface area contributed by atoms with Gasteiger partial charge in [-0.05, 0) is 39.5 Å². The van der Waals surface area contributed by atoms with Crippen LogP contribution in [0, 0.1) is 12.8 Å². The molecule has 4 nitrogen and oxygen atoms in total. The fraction of sp³-hybridized carbons (Fsp3) is 0.733. The van der Waals surface area contributed by atoms with Crippen molar-refractivity contribution in [3.05, 3.63) is 11.4 Å². The zero-order valence-electron chi connectivity index (χ0n) is 12.8. The normalized spacial score (nSPS) is 14.8. The van der Waals surface area contributed by atoms with Crippen LogP contribution in [0.1, 0.15) is 45.0 Å². The molecule has 1 aromatic rings. The minimum Gasteiger partial charge on any atom is -0.373 e. The van der Waals surface area contributed by atoms with Crippen LogP contribution >= 0.6 is 0 Å². The van der Waals surface area contributed by atoms with Gasteiger partial charge < -0.3 is 10.2 Å². The van der Waals surface area contributed by atoms with Gasteiger partial charge in [0.05, 0.1) is 0 Å². The summed E-state index contributed by atoms with van der Waals surface area (Å²) in [5.74, 6) is 3.85. The van der Waals surface area contributed by atoms with Gasteiger partial charge in [-0.1, -0.05) is 6.92 Å². The Balaban J connectivity index is 2.38. The lowest BCUT2D eigenvalue weighted by Crippen LogP contribution is -2.34. The van der Waals surface area contributed by atoms with E-state index in [4.69, 9.17) is 4.98 Å². The van der Waals surface area contributed by atoms with Crippen molar-refractivity contribution in [1.29, 1.82) is 0 Å². The van der Waals surface area contributed by atoms with E-state index in [-0.39, 0.29) is 0 Å². The second-order valence-corrected chi connectivity index (χ2v) is 5.73. The molecule has 1 aliphatic carbocycles. The molecule has 0 atom stereocenters. The Morgan fingerprint density at radius 3 is 2.47 bits per heavy atom. The van der Waals surface area contributed by atoms with Crippen LogP contribution in [0.4, 0.5) is 11.6 Å². The molecule has 0 amide bonds. The first-order valence-electron chi connectivity index (χ1n) is 7.38. The van der Waals surface area contributed by atoms with Gasteiger partial charge in [-0.25, -0.2) is 9.97 Å². The lowest BCUT2D eigenvalue weighted by atomic mass is 10.2. The smallest absolute Gasteiger partial charge is 0.137 e. The van der Waals surface area contributed by atoms with Crippen molar-refractivity contribution in [2.24, 2.45) is 5.92 Å². The first-order chi connectivity index (χ1) is 9.06. The Hall–Kier alpha value is -1.32. The Labute approximate surface area is 116 Å². The molecule has 1 aliphatic rings.